The minimum atomic E-state index is -0.477. The number of benzene rings is 1. The van der Waals surface area contributed by atoms with Crippen molar-refractivity contribution in [3.8, 4) is 5.75 Å². The highest BCUT2D eigenvalue weighted by Crippen LogP contribution is 2.29. The maximum absolute atomic E-state index is 12.2. The number of halogens is 2. The van der Waals surface area contributed by atoms with E-state index in [0.29, 0.717) is 28.9 Å². The summed E-state index contributed by atoms with van der Waals surface area (Å²) >= 11 is 12.1. The van der Waals surface area contributed by atoms with Gasteiger partial charge >= 0.3 is 6.09 Å². The van der Waals surface area contributed by atoms with Gasteiger partial charge in [-0.3, -0.25) is 0 Å². The molecule has 4 nitrogen and oxygen atoms in total. The molecule has 2 rings (SSSR count). The molecule has 1 unspecified atom stereocenters. The number of hydrogen-bond acceptors (Lipinski definition) is 3. The van der Waals surface area contributed by atoms with Gasteiger partial charge in [-0.1, -0.05) is 23.2 Å². The highest BCUT2D eigenvalue weighted by Gasteiger charge is 2.28. The van der Waals surface area contributed by atoms with Crippen LogP contribution in [0.1, 0.15) is 33.6 Å². The van der Waals surface area contributed by atoms with E-state index < -0.39 is 5.60 Å². The van der Waals surface area contributed by atoms with E-state index in [4.69, 9.17) is 32.7 Å². The number of hydrogen-bond donors (Lipinski definition) is 0. The number of amides is 1. The lowest BCUT2D eigenvalue weighted by Crippen LogP contribution is -2.44. The van der Waals surface area contributed by atoms with E-state index in [1.54, 1.807) is 23.1 Å². The van der Waals surface area contributed by atoms with Crippen molar-refractivity contribution >= 4 is 29.3 Å². The number of likely N-dealkylation sites (tertiary alicyclic amines) is 1. The van der Waals surface area contributed by atoms with E-state index in [1.165, 1.54) is 0 Å². The molecule has 0 spiro atoms. The zero-order valence-corrected chi connectivity index (χ0v) is 15.3. The molecule has 128 valence electrons. The van der Waals surface area contributed by atoms with Crippen LogP contribution in [0, 0.1) is 5.92 Å². The fraction of sp³-hybridized carbons (Fsp3) is 0.588. The number of carbonyl (C=O) groups excluding carboxylic acids is 1. The van der Waals surface area contributed by atoms with E-state index in [9.17, 15) is 4.79 Å². The first kappa shape index (κ1) is 18.2. The van der Waals surface area contributed by atoms with Crippen LogP contribution in [0.25, 0.3) is 0 Å². The van der Waals surface area contributed by atoms with Gasteiger partial charge in [-0.15, -0.1) is 0 Å². The van der Waals surface area contributed by atoms with Gasteiger partial charge in [-0.05, 0) is 45.7 Å². The Bertz CT molecular complexity index is 557. The van der Waals surface area contributed by atoms with Crippen LogP contribution < -0.4 is 4.74 Å². The molecule has 1 fully saturated rings. The van der Waals surface area contributed by atoms with Gasteiger partial charge in [0.25, 0.3) is 0 Å². The van der Waals surface area contributed by atoms with Gasteiger partial charge in [-0.25, -0.2) is 4.79 Å². The van der Waals surface area contributed by atoms with Crippen LogP contribution in [-0.4, -0.2) is 36.3 Å². The summed E-state index contributed by atoms with van der Waals surface area (Å²) in [6.45, 7) is 7.47. The quantitative estimate of drug-likeness (QED) is 0.760. The Labute approximate surface area is 147 Å². The standard InChI is InChI=1S/C17H23Cl2NO3/c1-17(2,3)23-16(21)20-8-4-5-12(10-20)11-22-15-9-13(18)6-7-14(15)19/h6-7,9,12H,4-5,8,10-11H2,1-3H3. The molecule has 1 aromatic rings. The highest BCUT2D eigenvalue weighted by molar-refractivity contribution is 6.34. The predicted molar refractivity (Wildman–Crippen MR) is 92.5 cm³/mol. The molecule has 6 heteroatoms. The van der Waals surface area contributed by atoms with E-state index in [2.05, 4.69) is 0 Å². The average molecular weight is 360 g/mol. The second-order valence-electron chi connectivity index (χ2n) is 6.82. The van der Waals surface area contributed by atoms with Crippen LogP contribution in [0.5, 0.6) is 5.75 Å². The molecule has 0 saturated carbocycles. The lowest BCUT2D eigenvalue weighted by atomic mass is 9.99. The molecule has 23 heavy (non-hydrogen) atoms. The van der Waals surface area contributed by atoms with Gasteiger partial charge in [0.15, 0.2) is 0 Å². The summed E-state index contributed by atoms with van der Waals surface area (Å²) in [6, 6.07) is 5.15. The Balaban J connectivity index is 1.89. The molecule has 0 N–H and O–H groups in total. The van der Waals surface area contributed by atoms with E-state index in [1.807, 2.05) is 20.8 Å². The fourth-order valence-electron chi connectivity index (χ4n) is 2.49. The third-order valence-corrected chi connectivity index (χ3v) is 4.09. The van der Waals surface area contributed by atoms with Crippen LogP contribution in [0.15, 0.2) is 18.2 Å². The summed E-state index contributed by atoms with van der Waals surface area (Å²) in [5, 5.41) is 1.12. The van der Waals surface area contributed by atoms with Crippen LogP contribution in [0.3, 0.4) is 0 Å². The Morgan fingerprint density at radius 1 is 1.35 bits per heavy atom. The number of nitrogens with zero attached hydrogens (tertiary/aromatic N) is 1. The van der Waals surface area contributed by atoms with Crippen LogP contribution >= 0.6 is 23.2 Å². The summed E-state index contributed by atoms with van der Waals surface area (Å²) in [6.07, 6.45) is 1.69. The van der Waals surface area contributed by atoms with Gasteiger partial charge in [0, 0.05) is 30.1 Å². The molecule has 0 bridgehead atoms. The number of carbonyl (C=O) groups is 1. The van der Waals surface area contributed by atoms with Crippen molar-refractivity contribution in [3.05, 3.63) is 28.2 Å². The van der Waals surface area contributed by atoms with Crippen molar-refractivity contribution in [2.24, 2.45) is 5.92 Å². The molecule has 1 atom stereocenters. The molecule has 1 aliphatic heterocycles. The molecule has 0 aliphatic carbocycles. The van der Waals surface area contributed by atoms with E-state index >= 15 is 0 Å². The Hall–Kier alpha value is -1.13. The normalized spacial score (nSPS) is 18.7. The molecular weight excluding hydrogens is 337 g/mol. The van der Waals surface area contributed by atoms with Gasteiger partial charge in [0.1, 0.15) is 11.4 Å². The third kappa shape index (κ3) is 5.78. The van der Waals surface area contributed by atoms with Crippen LogP contribution in [-0.2, 0) is 4.74 Å². The Kier molecular flexibility index (Phi) is 6.04. The average Bonchev–Trinajstić information content (AvgIpc) is 2.47. The SMILES string of the molecule is CC(C)(C)OC(=O)N1CCCC(COc2cc(Cl)ccc2Cl)C1. The molecule has 1 aromatic carbocycles. The molecule has 1 saturated heterocycles. The second kappa shape index (κ2) is 7.63. The zero-order valence-electron chi connectivity index (χ0n) is 13.8. The summed E-state index contributed by atoms with van der Waals surface area (Å²) in [7, 11) is 0. The van der Waals surface area contributed by atoms with Crippen LogP contribution in [0.2, 0.25) is 10.0 Å². The monoisotopic (exact) mass is 359 g/mol. The number of piperidine rings is 1. The minimum absolute atomic E-state index is 0.256. The lowest BCUT2D eigenvalue weighted by Gasteiger charge is -2.34. The van der Waals surface area contributed by atoms with Crippen LogP contribution in [0.4, 0.5) is 4.79 Å². The molecular formula is C17H23Cl2NO3. The van der Waals surface area contributed by atoms with E-state index in [0.717, 1.165) is 19.4 Å². The maximum Gasteiger partial charge on any atom is 0.410 e. The second-order valence-corrected chi connectivity index (χ2v) is 7.66. The number of ether oxygens (including phenoxy) is 2. The molecule has 1 heterocycles. The van der Waals surface area contributed by atoms with E-state index in [-0.39, 0.29) is 12.0 Å². The van der Waals surface area contributed by atoms with Crippen molar-refractivity contribution in [1.82, 2.24) is 4.90 Å². The summed E-state index contributed by atoms with van der Waals surface area (Å²) in [5.74, 6) is 0.833. The summed E-state index contributed by atoms with van der Waals surface area (Å²) in [4.78, 5) is 13.9. The molecule has 1 amide bonds. The molecule has 0 aromatic heterocycles. The van der Waals surface area contributed by atoms with Gasteiger partial charge in [-0.2, -0.15) is 0 Å². The first-order valence-electron chi connectivity index (χ1n) is 7.80. The number of rotatable bonds is 3. The third-order valence-electron chi connectivity index (χ3n) is 3.54. The minimum Gasteiger partial charge on any atom is -0.492 e. The van der Waals surface area contributed by atoms with Crippen molar-refractivity contribution in [2.75, 3.05) is 19.7 Å². The van der Waals surface area contributed by atoms with Gasteiger partial charge < -0.3 is 14.4 Å². The molecule has 1 aliphatic rings. The smallest absolute Gasteiger partial charge is 0.410 e. The largest absolute Gasteiger partial charge is 0.492 e. The van der Waals surface area contributed by atoms with Gasteiger partial charge in [0.2, 0.25) is 0 Å². The Morgan fingerprint density at radius 2 is 2.09 bits per heavy atom. The van der Waals surface area contributed by atoms with Gasteiger partial charge in [0.05, 0.1) is 11.6 Å². The van der Waals surface area contributed by atoms with Crippen molar-refractivity contribution < 1.29 is 14.3 Å². The fourth-order valence-corrected chi connectivity index (χ4v) is 2.82. The lowest BCUT2D eigenvalue weighted by molar-refractivity contribution is 0.0139. The Morgan fingerprint density at radius 3 is 2.78 bits per heavy atom. The van der Waals surface area contributed by atoms with Crippen molar-refractivity contribution in [2.45, 2.75) is 39.2 Å². The molecule has 0 radical (unpaired) electrons. The summed E-state index contributed by atoms with van der Waals surface area (Å²) in [5.41, 5.74) is -0.477. The maximum atomic E-state index is 12.2. The zero-order chi connectivity index (χ0) is 17.0. The van der Waals surface area contributed by atoms with Crippen molar-refractivity contribution in [3.63, 3.8) is 0 Å². The van der Waals surface area contributed by atoms with Crippen molar-refractivity contribution in [1.29, 1.82) is 0 Å². The predicted octanol–water partition coefficient (Wildman–Crippen LogP) is 5.02. The first-order chi connectivity index (χ1) is 10.7. The highest BCUT2D eigenvalue weighted by atomic mass is 35.5. The topological polar surface area (TPSA) is 38.8 Å². The summed E-state index contributed by atoms with van der Waals surface area (Å²) < 4.78 is 11.2. The first-order valence-corrected chi connectivity index (χ1v) is 8.56.